The average molecular weight is 197 g/mol. The summed E-state index contributed by atoms with van der Waals surface area (Å²) in [5, 5.41) is 0. The first-order valence-electron chi connectivity index (χ1n) is 6.20. The van der Waals surface area contributed by atoms with Crippen LogP contribution in [0.3, 0.4) is 0 Å². The highest BCUT2D eigenvalue weighted by atomic mass is 15.1. The molecule has 0 aromatic rings. The fraction of sp³-hybridized carbons (Fsp3) is 1.00. The van der Waals surface area contributed by atoms with Gasteiger partial charge in [-0.3, -0.25) is 0 Å². The topological polar surface area (TPSA) is 3.24 Å². The summed E-state index contributed by atoms with van der Waals surface area (Å²) in [7, 11) is 0. The normalized spacial score (nSPS) is 25.3. The molecule has 1 aliphatic rings. The van der Waals surface area contributed by atoms with Crippen LogP contribution in [0.5, 0.6) is 0 Å². The highest BCUT2D eigenvalue weighted by Gasteiger charge is 2.16. The molecule has 0 spiro atoms. The zero-order chi connectivity index (χ0) is 10.6. The Morgan fingerprint density at radius 2 is 2.00 bits per heavy atom. The number of hydrogen-bond acceptors (Lipinski definition) is 1. The first kappa shape index (κ1) is 12.0. The van der Waals surface area contributed by atoms with Gasteiger partial charge in [-0.15, -0.1) is 0 Å². The molecule has 1 atom stereocenters. The average Bonchev–Trinajstić information content (AvgIpc) is 2.01. The lowest BCUT2D eigenvalue weighted by Gasteiger charge is -2.31. The highest BCUT2D eigenvalue weighted by Crippen LogP contribution is 2.22. The van der Waals surface area contributed by atoms with Gasteiger partial charge in [0.25, 0.3) is 0 Å². The lowest BCUT2D eigenvalue weighted by molar-refractivity contribution is 0.174. The van der Waals surface area contributed by atoms with E-state index in [0.717, 1.165) is 5.92 Å². The van der Waals surface area contributed by atoms with Crippen molar-refractivity contribution in [3.63, 3.8) is 0 Å². The van der Waals surface area contributed by atoms with Gasteiger partial charge in [-0.1, -0.05) is 27.7 Å². The second-order valence-electron chi connectivity index (χ2n) is 6.21. The molecule has 0 aliphatic carbocycles. The van der Waals surface area contributed by atoms with Gasteiger partial charge in [0.1, 0.15) is 0 Å². The Morgan fingerprint density at radius 1 is 1.29 bits per heavy atom. The Hall–Kier alpha value is -0.0400. The number of likely N-dealkylation sites (tertiary alicyclic amines) is 1. The third-order valence-electron chi connectivity index (χ3n) is 3.14. The molecule has 0 aromatic carbocycles. The van der Waals surface area contributed by atoms with Crippen LogP contribution in [0.2, 0.25) is 0 Å². The van der Waals surface area contributed by atoms with Crippen LogP contribution in [-0.2, 0) is 0 Å². The minimum absolute atomic E-state index is 0.515. The van der Waals surface area contributed by atoms with Crippen molar-refractivity contribution in [2.45, 2.75) is 53.4 Å². The standard InChI is InChI=1S/C13H27N/c1-12-7-5-9-14(11-12)10-6-8-13(2,3)4/h12H,5-11H2,1-4H3. The van der Waals surface area contributed by atoms with E-state index in [0.29, 0.717) is 5.41 Å². The van der Waals surface area contributed by atoms with Crippen molar-refractivity contribution < 1.29 is 0 Å². The summed E-state index contributed by atoms with van der Waals surface area (Å²) < 4.78 is 0. The Labute approximate surface area is 89.9 Å². The largest absolute Gasteiger partial charge is 0.303 e. The van der Waals surface area contributed by atoms with E-state index in [9.17, 15) is 0 Å². The van der Waals surface area contributed by atoms with Crippen LogP contribution in [0.25, 0.3) is 0 Å². The maximum atomic E-state index is 2.65. The smallest absolute Gasteiger partial charge is 0.000703 e. The second kappa shape index (κ2) is 5.16. The van der Waals surface area contributed by atoms with Gasteiger partial charge in [0.05, 0.1) is 0 Å². The van der Waals surface area contributed by atoms with Gasteiger partial charge in [-0.05, 0) is 50.1 Å². The predicted octanol–water partition coefficient (Wildman–Crippen LogP) is 3.54. The number of hydrogen-bond donors (Lipinski definition) is 0. The lowest BCUT2D eigenvalue weighted by atomic mass is 9.90. The van der Waals surface area contributed by atoms with E-state index in [2.05, 4.69) is 32.6 Å². The van der Waals surface area contributed by atoms with Crippen LogP contribution in [0.4, 0.5) is 0 Å². The van der Waals surface area contributed by atoms with Gasteiger partial charge in [-0.25, -0.2) is 0 Å². The van der Waals surface area contributed by atoms with E-state index < -0.39 is 0 Å². The zero-order valence-corrected chi connectivity index (χ0v) is 10.5. The van der Waals surface area contributed by atoms with E-state index in [1.807, 2.05) is 0 Å². The van der Waals surface area contributed by atoms with Crippen LogP contribution < -0.4 is 0 Å². The summed E-state index contributed by atoms with van der Waals surface area (Å²) in [6, 6.07) is 0. The van der Waals surface area contributed by atoms with Crippen LogP contribution in [0, 0.1) is 11.3 Å². The van der Waals surface area contributed by atoms with Crippen molar-refractivity contribution in [2.75, 3.05) is 19.6 Å². The van der Waals surface area contributed by atoms with E-state index in [-0.39, 0.29) is 0 Å². The van der Waals surface area contributed by atoms with Gasteiger partial charge in [0.15, 0.2) is 0 Å². The highest BCUT2D eigenvalue weighted by molar-refractivity contribution is 4.71. The molecule has 1 fully saturated rings. The van der Waals surface area contributed by atoms with Gasteiger partial charge < -0.3 is 4.90 Å². The first-order chi connectivity index (χ1) is 6.47. The number of rotatable bonds is 3. The van der Waals surface area contributed by atoms with Crippen LogP contribution in [0.15, 0.2) is 0 Å². The van der Waals surface area contributed by atoms with Crippen molar-refractivity contribution in [3.8, 4) is 0 Å². The van der Waals surface area contributed by atoms with Crippen molar-refractivity contribution in [1.82, 2.24) is 4.90 Å². The molecule has 1 rings (SSSR count). The fourth-order valence-corrected chi connectivity index (χ4v) is 2.32. The maximum Gasteiger partial charge on any atom is 0.000703 e. The van der Waals surface area contributed by atoms with E-state index in [1.54, 1.807) is 0 Å². The molecule has 1 heteroatoms. The van der Waals surface area contributed by atoms with Crippen LogP contribution in [0.1, 0.15) is 53.4 Å². The maximum absolute atomic E-state index is 2.65. The summed E-state index contributed by atoms with van der Waals surface area (Å²) in [4.78, 5) is 2.65. The summed E-state index contributed by atoms with van der Waals surface area (Å²) in [6.07, 6.45) is 5.58. The Bertz CT molecular complexity index is 157. The molecule has 1 saturated heterocycles. The van der Waals surface area contributed by atoms with Gasteiger partial charge in [0, 0.05) is 6.54 Å². The third-order valence-corrected chi connectivity index (χ3v) is 3.14. The Morgan fingerprint density at radius 3 is 2.57 bits per heavy atom. The van der Waals surface area contributed by atoms with Crippen molar-refractivity contribution in [2.24, 2.45) is 11.3 Å². The van der Waals surface area contributed by atoms with Gasteiger partial charge >= 0.3 is 0 Å². The zero-order valence-electron chi connectivity index (χ0n) is 10.5. The summed E-state index contributed by atoms with van der Waals surface area (Å²) in [5.41, 5.74) is 0.515. The summed E-state index contributed by atoms with van der Waals surface area (Å²) in [6.45, 7) is 13.4. The minimum Gasteiger partial charge on any atom is -0.303 e. The van der Waals surface area contributed by atoms with Crippen molar-refractivity contribution >= 4 is 0 Å². The Balaban J connectivity index is 2.12. The molecule has 0 amide bonds. The minimum atomic E-state index is 0.515. The molecule has 0 bridgehead atoms. The second-order valence-corrected chi connectivity index (χ2v) is 6.21. The predicted molar refractivity (Wildman–Crippen MR) is 63.5 cm³/mol. The first-order valence-corrected chi connectivity index (χ1v) is 6.20. The molecule has 1 aliphatic heterocycles. The number of piperidine rings is 1. The van der Waals surface area contributed by atoms with Gasteiger partial charge in [0.2, 0.25) is 0 Å². The molecule has 14 heavy (non-hydrogen) atoms. The van der Waals surface area contributed by atoms with E-state index in [4.69, 9.17) is 0 Å². The lowest BCUT2D eigenvalue weighted by Crippen LogP contribution is -2.35. The van der Waals surface area contributed by atoms with E-state index >= 15 is 0 Å². The monoisotopic (exact) mass is 197 g/mol. The summed E-state index contributed by atoms with van der Waals surface area (Å²) in [5.74, 6) is 0.929. The molecule has 0 radical (unpaired) electrons. The molecule has 1 heterocycles. The van der Waals surface area contributed by atoms with Gasteiger partial charge in [-0.2, -0.15) is 0 Å². The fourth-order valence-electron chi connectivity index (χ4n) is 2.32. The number of nitrogens with zero attached hydrogens (tertiary/aromatic N) is 1. The van der Waals surface area contributed by atoms with Crippen molar-refractivity contribution in [1.29, 1.82) is 0 Å². The molecule has 0 aromatic heterocycles. The molecule has 0 N–H and O–H groups in total. The Kier molecular flexibility index (Phi) is 4.43. The molecule has 1 nitrogen and oxygen atoms in total. The van der Waals surface area contributed by atoms with E-state index in [1.165, 1.54) is 45.3 Å². The van der Waals surface area contributed by atoms with Crippen LogP contribution in [-0.4, -0.2) is 24.5 Å². The quantitative estimate of drug-likeness (QED) is 0.669. The molecule has 1 unspecified atom stereocenters. The SMILES string of the molecule is CC1CCCN(CCCC(C)(C)C)C1. The molecular weight excluding hydrogens is 170 g/mol. The van der Waals surface area contributed by atoms with Crippen LogP contribution >= 0.6 is 0 Å². The van der Waals surface area contributed by atoms with Crippen molar-refractivity contribution in [3.05, 3.63) is 0 Å². The molecular formula is C13H27N. The third kappa shape index (κ3) is 4.99. The molecule has 0 saturated carbocycles. The summed E-state index contributed by atoms with van der Waals surface area (Å²) >= 11 is 0. The molecule has 84 valence electrons.